The van der Waals surface area contributed by atoms with Gasteiger partial charge in [0, 0.05) is 6.42 Å². The van der Waals surface area contributed by atoms with Crippen LogP contribution in [0.25, 0.3) is 0 Å². The molecule has 0 spiro atoms. The molecular formula is C13H19NO2. The Bertz CT molecular complexity index is 324. The van der Waals surface area contributed by atoms with Crippen molar-refractivity contribution >= 4 is 5.97 Å². The number of rotatable bonds is 5. The highest BCUT2D eigenvalue weighted by molar-refractivity contribution is 5.70. The Morgan fingerprint density at radius 2 is 1.94 bits per heavy atom. The minimum Gasteiger partial charge on any atom is -0.458 e. The first-order valence-electron chi connectivity index (χ1n) is 5.58. The highest BCUT2D eigenvalue weighted by Gasteiger charge is 2.13. The van der Waals surface area contributed by atoms with E-state index in [9.17, 15) is 4.79 Å². The summed E-state index contributed by atoms with van der Waals surface area (Å²) in [5.41, 5.74) is 6.46. The standard InChI is InChI=1S/C13H19NO2/c1-10(9-14)8-13(15)16-11(2)12-6-4-3-5-7-12/h3-7,10-11H,8-9,14H2,1-2H3. The Morgan fingerprint density at radius 3 is 2.50 bits per heavy atom. The molecule has 1 rings (SSSR count). The lowest BCUT2D eigenvalue weighted by atomic mass is 10.1. The van der Waals surface area contributed by atoms with Crippen molar-refractivity contribution in [3.05, 3.63) is 35.9 Å². The van der Waals surface area contributed by atoms with Gasteiger partial charge in [-0.25, -0.2) is 0 Å². The van der Waals surface area contributed by atoms with E-state index >= 15 is 0 Å². The predicted octanol–water partition coefficient (Wildman–Crippen LogP) is 2.28. The smallest absolute Gasteiger partial charge is 0.306 e. The lowest BCUT2D eigenvalue weighted by Crippen LogP contribution is -2.17. The zero-order valence-corrected chi connectivity index (χ0v) is 9.85. The van der Waals surface area contributed by atoms with E-state index in [2.05, 4.69) is 0 Å². The fourth-order valence-corrected chi connectivity index (χ4v) is 1.41. The quantitative estimate of drug-likeness (QED) is 0.776. The summed E-state index contributed by atoms with van der Waals surface area (Å²) in [6.45, 7) is 4.32. The fraction of sp³-hybridized carbons (Fsp3) is 0.462. The van der Waals surface area contributed by atoms with Gasteiger partial charge in [0.2, 0.25) is 0 Å². The van der Waals surface area contributed by atoms with Crippen molar-refractivity contribution in [3.8, 4) is 0 Å². The molecule has 0 saturated heterocycles. The zero-order chi connectivity index (χ0) is 12.0. The van der Waals surface area contributed by atoms with Gasteiger partial charge in [-0.3, -0.25) is 4.79 Å². The summed E-state index contributed by atoms with van der Waals surface area (Å²) >= 11 is 0. The molecule has 0 aliphatic rings. The lowest BCUT2D eigenvalue weighted by molar-refractivity contribution is -0.149. The van der Waals surface area contributed by atoms with Crippen molar-refractivity contribution < 1.29 is 9.53 Å². The molecule has 2 atom stereocenters. The predicted molar refractivity (Wildman–Crippen MR) is 63.8 cm³/mol. The van der Waals surface area contributed by atoms with Gasteiger partial charge in [0.15, 0.2) is 0 Å². The van der Waals surface area contributed by atoms with E-state index < -0.39 is 0 Å². The topological polar surface area (TPSA) is 52.3 Å². The molecule has 16 heavy (non-hydrogen) atoms. The van der Waals surface area contributed by atoms with Crippen molar-refractivity contribution in [2.24, 2.45) is 11.7 Å². The molecule has 0 aliphatic heterocycles. The molecule has 0 radical (unpaired) electrons. The van der Waals surface area contributed by atoms with E-state index in [-0.39, 0.29) is 18.0 Å². The molecule has 0 heterocycles. The maximum atomic E-state index is 11.5. The van der Waals surface area contributed by atoms with Gasteiger partial charge in [0.05, 0.1) is 0 Å². The molecule has 0 aliphatic carbocycles. The summed E-state index contributed by atoms with van der Waals surface area (Å²) < 4.78 is 5.31. The van der Waals surface area contributed by atoms with Crippen LogP contribution in [-0.4, -0.2) is 12.5 Å². The van der Waals surface area contributed by atoms with Crippen molar-refractivity contribution in [1.29, 1.82) is 0 Å². The Morgan fingerprint density at radius 1 is 1.31 bits per heavy atom. The van der Waals surface area contributed by atoms with Crippen molar-refractivity contribution in [1.82, 2.24) is 0 Å². The van der Waals surface area contributed by atoms with Crippen molar-refractivity contribution in [3.63, 3.8) is 0 Å². The van der Waals surface area contributed by atoms with Gasteiger partial charge < -0.3 is 10.5 Å². The first-order chi connectivity index (χ1) is 7.63. The number of ether oxygens (including phenoxy) is 1. The number of carbonyl (C=O) groups is 1. The summed E-state index contributed by atoms with van der Waals surface area (Å²) in [5, 5.41) is 0. The van der Waals surface area contributed by atoms with Gasteiger partial charge in [-0.2, -0.15) is 0 Å². The molecule has 0 amide bonds. The van der Waals surface area contributed by atoms with E-state index in [0.29, 0.717) is 13.0 Å². The van der Waals surface area contributed by atoms with Crippen LogP contribution in [0.5, 0.6) is 0 Å². The molecule has 1 aromatic rings. The number of hydrogen-bond donors (Lipinski definition) is 1. The molecule has 3 heteroatoms. The van der Waals surface area contributed by atoms with Crippen LogP contribution in [0.1, 0.15) is 31.9 Å². The molecule has 0 aromatic heterocycles. The Hall–Kier alpha value is -1.35. The van der Waals surface area contributed by atoms with Gasteiger partial charge in [-0.05, 0) is 24.9 Å². The van der Waals surface area contributed by atoms with E-state index in [4.69, 9.17) is 10.5 Å². The highest BCUT2D eigenvalue weighted by Crippen LogP contribution is 2.17. The third kappa shape index (κ3) is 4.03. The Balaban J connectivity index is 2.46. The van der Waals surface area contributed by atoms with E-state index in [1.807, 2.05) is 44.2 Å². The van der Waals surface area contributed by atoms with E-state index in [0.717, 1.165) is 5.56 Å². The number of benzene rings is 1. The van der Waals surface area contributed by atoms with Crippen LogP contribution in [0.4, 0.5) is 0 Å². The van der Waals surface area contributed by atoms with Gasteiger partial charge in [0.25, 0.3) is 0 Å². The second kappa shape index (κ2) is 6.28. The van der Waals surface area contributed by atoms with Crippen LogP contribution < -0.4 is 5.73 Å². The number of esters is 1. The number of carbonyl (C=O) groups excluding carboxylic acids is 1. The Labute approximate surface area is 96.6 Å². The molecule has 0 bridgehead atoms. The summed E-state index contributed by atoms with van der Waals surface area (Å²) in [6.07, 6.45) is 0.187. The SMILES string of the molecule is CC(CN)CC(=O)OC(C)c1ccccc1. The third-order valence-corrected chi connectivity index (χ3v) is 2.49. The molecule has 0 fully saturated rings. The minimum absolute atomic E-state index is 0.176. The largest absolute Gasteiger partial charge is 0.458 e. The van der Waals surface area contributed by atoms with Crippen LogP contribution in [0.15, 0.2) is 30.3 Å². The van der Waals surface area contributed by atoms with Crippen LogP contribution >= 0.6 is 0 Å². The number of hydrogen-bond acceptors (Lipinski definition) is 3. The van der Waals surface area contributed by atoms with Gasteiger partial charge in [-0.1, -0.05) is 37.3 Å². The summed E-state index contributed by atoms with van der Waals surface area (Å²) in [4.78, 5) is 11.5. The molecule has 3 nitrogen and oxygen atoms in total. The molecule has 88 valence electrons. The maximum absolute atomic E-state index is 11.5. The second-order valence-corrected chi connectivity index (χ2v) is 4.09. The monoisotopic (exact) mass is 221 g/mol. The van der Waals surface area contributed by atoms with Crippen LogP contribution in [-0.2, 0) is 9.53 Å². The molecule has 2 unspecified atom stereocenters. The van der Waals surface area contributed by atoms with Gasteiger partial charge in [0.1, 0.15) is 6.10 Å². The third-order valence-electron chi connectivity index (χ3n) is 2.49. The second-order valence-electron chi connectivity index (χ2n) is 4.09. The summed E-state index contributed by atoms with van der Waals surface area (Å²) in [5.74, 6) is -0.00947. The fourth-order valence-electron chi connectivity index (χ4n) is 1.41. The first-order valence-corrected chi connectivity index (χ1v) is 5.58. The van der Waals surface area contributed by atoms with E-state index in [1.54, 1.807) is 0 Å². The molecular weight excluding hydrogens is 202 g/mol. The van der Waals surface area contributed by atoms with Crippen LogP contribution in [0.2, 0.25) is 0 Å². The highest BCUT2D eigenvalue weighted by atomic mass is 16.5. The average molecular weight is 221 g/mol. The van der Waals surface area contributed by atoms with Crippen LogP contribution in [0.3, 0.4) is 0 Å². The van der Waals surface area contributed by atoms with E-state index in [1.165, 1.54) is 0 Å². The van der Waals surface area contributed by atoms with Crippen LogP contribution in [0, 0.1) is 5.92 Å². The normalized spacial score (nSPS) is 14.2. The van der Waals surface area contributed by atoms with Crippen molar-refractivity contribution in [2.45, 2.75) is 26.4 Å². The summed E-state index contributed by atoms with van der Waals surface area (Å²) in [6, 6.07) is 9.70. The molecule has 0 saturated carbocycles. The average Bonchev–Trinajstić information content (AvgIpc) is 2.29. The zero-order valence-electron chi connectivity index (χ0n) is 9.85. The van der Waals surface area contributed by atoms with Gasteiger partial charge >= 0.3 is 5.97 Å². The van der Waals surface area contributed by atoms with Crippen molar-refractivity contribution in [2.75, 3.05) is 6.54 Å². The Kier molecular flexibility index (Phi) is 4.99. The molecule has 1 aromatic carbocycles. The maximum Gasteiger partial charge on any atom is 0.306 e. The molecule has 2 N–H and O–H groups in total. The number of nitrogens with two attached hydrogens (primary N) is 1. The lowest BCUT2D eigenvalue weighted by Gasteiger charge is -2.15. The first kappa shape index (κ1) is 12.7. The summed E-state index contributed by atoms with van der Waals surface area (Å²) in [7, 11) is 0. The van der Waals surface area contributed by atoms with Gasteiger partial charge in [-0.15, -0.1) is 0 Å². The minimum atomic E-state index is -0.196.